The molecule has 1 amide bonds. The normalized spacial score (nSPS) is 17.0. The van der Waals surface area contributed by atoms with E-state index in [9.17, 15) is 23.1 Å². The molecule has 7 heteroatoms. The van der Waals surface area contributed by atoms with Crippen LogP contribution in [0.2, 0.25) is 0 Å². The van der Waals surface area contributed by atoms with Crippen LogP contribution in [0.25, 0.3) is 0 Å². The Bertz CT molecular complexity index is 512. The van der Waals surface area contributed by atoms with E-state index in [0.29, 0.717) is 12.8 Å². The second-order valence-electron chi connectivity index (χ2n) is 5.02. The van der Waals surface area contributed by atoms with Crippen LogP contribution in [0.5, 0.6) is 5.75 Å². The molecule has 0 heterocycles. The summed E-state index contributed by atoms with van der Waals surface area (Å²) in [5, 5.41) is 12.2. The van der Waals surface area contributed by atoms with Gasteiger partial charge in [-0.3, -0.25) is 4.79 Å². The Labute approximate surface area is 119 Å². The van der Waals surface area contributed by atoms with Crippen LogP contribution < -0.4 is 10.1 Å². The van der Waals surface area contributed by atoms with Crippen LogP contribution in [0.4, 0.5) is 13.2 Å². The molecule has 2 N–H and O–H groups in total. The summed E-state index contributed by atoms with van der Waals surface area (Å²) in [7, 11) is 0. The van der Waals surface area contributed by atoms with Crippen molar-refractivity contribution in [1.82, 2.24) is 5.32 Å². The maximum atomic E-state index is 12.5. The predicted molar refractivity (Wildman–Crippen MR) is 68.7 cm³/mol. The average Bonchev–Trinajstić information content (AvgIpc) is 2.40. The van der Waals surface area contributed by atoms with E-state index < -0.39 is 23.2 Å². The quantitative estimate of drug-likeness (QED) is 0.819. The fourth-order valence-corrected chi connectivity index (χ4v) is 2.00. The first-order valence-corrected chi connectivity index (χ1v) is 6.62. The molecule has 2 rings (SSSR count). The molecule has 1 aromatic rings. The van der Waals surface area contributed by atoms with E-state index in [1.54, 1.807) is 0 Å². The Hall–Kier alpha value is -1.76. The van der Waals surface area contributed by atoms with E-state index in [0.717, 1.165) is 18.6 Å². The van der Waals surface area contributed by atoms with Gasteiger partial charge in [0.25, 0.3) is 5.91 Å². The molecule has 0 bridgehead atoms. The molecule has 0 aromatic heterocycles. The van der Waals surface area contributed by atoms with Crippen molar-refractivity contribution in [3.8, 4) is 5.75 Å². The van der Waals surface area contributed by atoms with E-state index in [4.69, 9.17) is 4.74 Å². The van der Waals surface area contributed by atoms with Gasteiger partial charge in [0.05, 0.1) is 12.1 Å². The fourth-order valence-electron chi connectivity index (χ4n) is 2.00. The maximum absolute atomic E-state index is 12.5. The SMILES string of the molecule is O=C(NCCOc1cccc(C(F)(F)F)c1)C1(O)CCC1. The number of hydrogen-bond acceptors (Lipinski definition) is 3. The molecule has 0 unspecified atom stereocenters. The minimum atomic E-state index is -4.42. The number of carbonyl (C=O) groups is 1. The Morgan fingerprint density at radius 3 is 2.67 bits per heavy atom. The number of alkyl halides is 3. The molecule has 0 saturated heterocycles. The molecule has 1 saturated carbocycles. The lowest BCUT2D eigenvalue weighted by Crippen LogP contribution is -2.52. The van der Waals surface area contributed by atoms with Crippen molar-refractivity contribution in [3.63, 3.8) is 0 Å². The number of amides is 1. The predicted octanol–water partition coefficient (Wildman–Crippen LogP) is 2.12. The summed E-state index contributed by atoms with van der Waals surface area (Å²) in [5.41, 5.74) is -2.07. The van der Waals surface area contributed by atoms with E-state index in [1.807, 2.05) is 0 Å². The maximum Gasteiger partial charge on any atom is 0.416 e. The summed E-state index contributed by atoms with van der Waals surface area (Å²) < 4.78 is 42.7. The molecule has 116 valence electrons. The Morgan fingerprint density at radius 2 is 2.10 bits per heavy atom. The van der Waals surface area contributed by atoms with Gasteiger partial charge in [0.2, 0.25) is 0 Å². The largest absolute Gasteiger partial charge is 0.492 e. The van der Waals surface area contributed by atoms with Crippen molar-refractivity contribution in [3.05, 3.63) is 29.8 Å². The number of benzene rings is 1. The zero-order valence-corrected chi connectivity index (χ0v) is 11.2. The molecule has 1 fully saturated rings. The summed E-state index contributed by atoms with van der Waals surface area (Å²) in [6.07, 6.45) is -2.73. The molecule has 4 nitrogen and oxygen atoms in total. The van der Waals surface area contributed by atoms with Gasteiger partial charge in [0.1, 0.15) is 18.0 Å². The minimum Gasteiger partial charge on any atom is -0.492 e. The first-order valence-electron chi connectivity index (χ1n) is 6.62. The van der Waals surface area contributed by atoms with E-state index in [1.165, 1.54) is 12.1 Å². The second kappa shape index (κ2) is 5.93. The van der Waals surface area contributed by atoms with Crippen LogP contribution >= 0.6 is 0 Å². The molecule has 21 heavy (non-hydrogen) atoms. The van der Waals surface area contributed by atoms with Crippen molar-refractivity contribution < 1.29 is 27.8 Å². The molecule has 0 radical (unpaired) electrons. The standard InChI is InChI=1S/C14H16F3NO3/c15-14(16,17)10-3-1-4-11(9-10)21-8-7-18-12(19)13(20)5-2-6-13/h1,3-4,9,20H,2,5-8H2,(H,18,19). The third-order valence-electron chi connectivity index (χ3n) is 3.42. The van der Waals surface area contributed by atoms with Crippen LogP contribution in [0, 0.1) is 0 Å². The second-order valence-corrected chi connectivity index (χ2v) is 5.02. The third kappa shape index (κ3) is 3.87. The highest BCUT2D eigenvalue weighted by atomic mass is 19.4. The van der Waals surface area contributed by atoms with Gasteiger partial charge in [0.15, 0.2) is 0 Å². The molecule has 0 atom stereocenters. The van der Waals surface area contributed by atoms with Crippen molar-refractivity contribution in [2.45, 2.75) is 31.0 Å². The highest BCUT2D eigenvalue weighted by Crippen LogP contribution is 2.32. The summed E-state index contributed by atoms with van der Waals surface area (Å²) in [6, 6.07) is 4.53. The van der Waals surface area contributed by atoms with Crippen molar-refractivity contribution in [2.75, 3.05) is 13.2 Å². The Morgan fingerprint density at radius 1 is 1.38 bits per heavy atom. The lowest BCUT2D eigenvalue weighted by Gasteiger charge is -2.34. The van der Waals surface area contributed by atoms with Crippen molar-refractivity contribution >= 4 is 5.91 Å². The summed E-state index contributed by atoms with van der Waals surface area (Å²) in [6.45, 7) is 0.153. The third-order valence-corrected chi connectivity index (χ3v) is 3.42. The Kier molecular flexibility index (Phi) is 4.41. The zero-order valence-electron chi connectivity index (χ0n) is 11.2. The molecule has 0 spiro atoms. The van der Waals surface area contributed by atoms with Gasteiger partial charge in [-0.05, 0) is 37.5 Å². The smallest absolute Gasteiger partial charge is 0.416 e. The number of aliphatic hydroxyl groups is 1. The van der Waals surface area contributed by atoms with Gasteiger partial charge >= 0.3 is 6.18 Å². The fraction of sp³-hybridized carbons (Fsp3) is 0.500. The van der Waals surface area contributed by atoms with E-state index in [-0.39, 0.29) is 18.9 Å². The lowest BCUT2D eigenvalue weighted by atomic mass is 9.79. The lowest BCUT2D eigenvalue weighted by molar-refractivity contribution is -0.148. The monoisotopic (exact) mass is 303 g/mol. The topological polar surface area (TPSA) is 58.6 Å². The van der Waals surface area contributed by atoms with Crippen LogP contribution in [0.3, 0.4) is 0 Å². The van der Waals surface area contributed by atoms with Gasteiger partial charge in [-0.25, -0.2) is 0 Å². The first kappa shape index (κ1) is 15.6. The Balaban J connectivity index is 1.77. The van der Waals surface area contributed by atoms with Crippen LogP contribution in [0.1, 0.15) is 24.8 Å². The molecular formula is C14H16F3NO3. The number of carbonyl (C=O) groups excluding carboxylic acids is 1. The number of halogens is 3. The van der Waals surface area contributed by atoms with E-state index >= 15 is 0 Å². The van der Waals surface area contributed by atoms with Crippen molar-refractivity contribution in [2.24, 2.45) is 0 Å². The summed E-state index contributed by atoms with van der Waals surface area (Å²) in [5.74, 6) is -0.372. The van der Waals surface area contributed by atoms with Gasteiger partial charge in [0, 0.05) is 0 Å². The van der Waals surface area contributed by atoms with Gasteiger partial charge < -0.3 is 15.2 Å². The molecule has 1 aromatic carbocycles. The summed E-state index contributed by atoms with van der Waals surface area (Å²) in [4.78, 5) is 11.6. The first-order chi connectivity index (χ1) is 9.81. The number of hydrogen-bond donors (Lipinski definition) is 2. The highest BCUT2D eigenvalue weighted by Gasteiger charge is 2.41. The highest BCUT2D eigenvalue weighted by molar-refractivity contribution is 5.85. The minimum absolute atomic E-state index is 0.0309. The van der Waals surface area contributed by atoms with Crippen LogP contribution in [-0.2, 0) is 11.0 Å². The van der Waals surface area contributed by atoms with Gasteiger partial charge in [-0.2, -0.15) is 13.2 Å². The molecular weight excluding hydrogens is 287 g/mol. The van der Waals surface area contributed by atoms with E-state index in [2.05, 4.69) is 5.32 Å². The van der Waals surface area contributed by atoms with Crippen LogP contribution in [0.15, 0.2) is 24.3 Å². The van der Waals surface area contributed by atoms with Crippen molar-refractivity contribution in [1.29, 1.82) is 0 Å². The number of rotatable bonds is 5. The van der Waals surface area contributed by atoms with Gasteiger partial charge in [-0.1, -0.05) is 6.07 Å². The number of ether oxygens (including phenoxy) is 1. The average molecular weight is 303 g/mol. The molecule has 1 aliphatic carbocycles. The van der Waals surface area contributed by atoms with Crippen LogP contribution in [-0.4, -0.2) is 29.8 Å². The van der Waals surface area contributed by atoms with Gasteiger partial charge in [-0.15, -0.1) is 0 Å². The molecule has 1 aliphatic rings. The summed E-state index contributed by atoms with van der Waals surface area (Å²) >= 11 is 0. The zero-order chi connectivity index (χ0) is 15.5. The molecule has 0 aliphatic heterocycles. The number of nitrogens with one attached hydrogen (secondary N) is 1.